The van der Waals surface area contributed by atoms with Crippen molar-refractivity contribution in [2.45, 2.75) is 26.0 Å². The zero-order chi connectivity index (χ0) is 19.7. The molecule has 1 saturated heterocycles. The molecule has 148 valence electrons. The van der Waals surface area contributed by atoms with Crippen LogP contribution < -0.4 is 4.74 Å². The highest BCUT2D eigenvalue weighted by Crippen LogP contribution is 2.30. The summed E-state index contributed by atoms with van der Waals surface area (Å²) in [5.41, 5.74) is 1.81. The lowest BCUT2D eigenvalue weighted by Crippen LogP contribution is -2.26. The fourth-order valence-electron chi connectivity index (χ4n) is 3.77. The standard InChI is InChI=1S/C21H25N3O3S/c1-14-10-16-11-18(20(25)15-4-5-19(27-3)22-12-15)28-21(16)24(14)9-8-23-7-6-17(13-23)26-2/h4-5,10-12,17H,6-9,13H2,1-3H3. The van der Waals surface area contributed by atoms with Crippen LogP contribution in [0, 0.1) is 6.92 Å². The van der Waals surface area contributed by atoms with Gasteiger partial charge in [-0.05, 0) is 31.5 Å². The SMILES string of the molecule is COc1ccc(C(=O)c2cc3cc(C)n(CCN4CCC(OC)C4)c3s2)cn1. The molecular formula is C21H25N3O3S. The van der Waals surface area contributed by atoms with Gasteiger partial charge in [-0.1, -0.05) is 0 Å². The van der Waals surface area contributed by atoms with Gasteiger partial charge in [0.05, 0.1) is 18.1 Å². The third-order valence-corrected chi connectivity index (χ3v) is 6.58. The number of rotatable bonds is 7. The van der Waals surface area contributed by atoms with E-state index in [0.29, 0.717) is 17.5 Å². The summed E-state index contributed by atoms with van der Waals surface area (Å²) in [5.74, 6) is 0.510. The fraction of sp³-hybridized carbons (Fsp3) is 0.429. The lowest BCUT2D eigenvalue weighted by atomic mass is 10.1. The predicted molar refractivity (Wildman–Crippen MR) is 111 cm³/mol. The Bertz CT molecular complexity index is 977. The number of carbonyl (C=O) groups is 1. The second-order valence-corrected chi connectivity index (χ2v) is 8.20. The van der Waals surface area contributed by atoms with Crippen molar-refractivity contribution in [2.24, 2.45) is 0 Å². The first-order valence-electron chi connectivity index (χ1n) is 9.48. The quantitative estimate of drug-likeness (QED) is 0.570. The monoisotopic (exact) mass is 399 g/mol. The van der Waals surface area contributed by atoms with Crippen LogP contribution in [0.4, 0.5) is 0 Å². The molecule has 3 aromatic heterocycles. The number of aryl methyl sites for hydroxylation is 1. The van der Waals surface area contributed by atoms with Gasteiger partial charge in [-0.3, -0.25) is 9.69 Å². The van der Waals surface area contributed by atoms with Gasteiger partial charge in [0.25, 0.3) is 0 Å². The summed E-state index contributed by atoms with van der Waals surface area (Å²) in [7, 11) is 3.35. The molecule has 28 heavy (non-hydrogen) atoms. The molecular weight excluding hydrogens is 374 g/mol. The number of likely N-dealkylation sites (tertiary alicyclic amines) is 1. The zero-order valence-corrected chi connectivity index (χ0v) is 17.3. The lowest BCUT2D eigenvalue weighted by Gasteiger charge is -2.17. The van der Waals surface area contributed by atoms with Crippen LogP contribution in [0.25, 0.3) is 10.2 Å². The van der Waals surface area contributed by atoms with Crippen molar-refractivity contribution in [3.05, 3.63) is 46.6 Å². The Morgan fingerprint density at radius 3 is 2.82 bits per heavy atom. The van der Waals surface area contributed by atoms with Gasteiger partial charge in [0.1, 0.15) is 4.83 Å². The Morgan fingerprint density at radius 1 is 1.29 bits per heavy atom. The van der Waals surface area contributed by atoms with Crippen LogP contribution in [0.1, 0.15) is 27.3 Å². The number of hydrogen-bond acceptors (Lipinski definition) is 6. The normalized spacial score (nSPS) is 17.5. The number of hydrogen-bond donors (Lipinski definition) is 0. The average Bonchev–Trinajstić information content (AvgIpc) is 3.41. The van der Waals surface area contributed by atoms with Crippen molar-refractivity contribution in [1.82, 2.24) is 14.5 Å². The molecule has 0 aromatic carbocycles. The van der Waals surface area contributed by atoms with Crippen LogP contribution in [-0.4, -0.2) is 60.2 Å². The van der Waals surface area contributed by atoms with Gasteiger partial charge in [0, 0.05) is 62.2 Å². The largest absolute Gasteiger partial charge is 0.481 e. The average molecular weight is 400 g/mol. The van der Waals surface area contributed by atoms with Gasteiger partial charge in [-0.2, -0.15) is 0 Å². The van der Waals surface area contributed by atoms with E-state index in [0.717, 1.165) is 47.7 Å². The van der Waals surface area contributed by atoms with E-state index in [-0.39, 0.29) is 5.78 Å². The predicted octanol–water partition coefficient (Wildman–Crippen LogP) is 3.37. The molecule has 1 fully saturated rings. The molecule has 0 radical (unpaired) electrons. The van der Waals surface area contributed by atoms with Crippen LogP contribution in [-0.2, 0) is 11.3 Å². The van der Waals surface area contributed by atoms with E-state index in [9.17, 15) is 4.79 Å². The molecule has 0 saturated carbocycles. The molecule has 0 N–H and O–H groups in total. The highest BCUT2D eigenvalue weighted by atomic mass is 32.1. The number of aromatic nitrogens is 2. The number of carbonyl (C=O) groups excluding carboxylic acids is 1. The minimum Gasteiger partial charge on any atom is -0.481 e. The Kier molecular flexibility index (Phi) is 5.48. The first-order chi connectivity index (χ1) is 13.6. The van der Waals surface area contributed by atoms with Crippen LogP contribution in [0.2, 0.25) is 0 Å². The van der Waals surface area contributed by atoms with Gasteiger partial charge in [-0.15, -0.1) is 11.3 Å². The van der Waals surface area contributed by atoms with E-state index in [2.05, 4.69) is 27.4 Å². The summed E-state index contributed by atoms with van der Waals surface area (Å²) in [6, 6.07) is 7.63. The topological polar surface area (TPSA) is 56.6 Å². The number of fused-ring (bicyclic) bond motifs is 1. The second kappa shape index (κ2) is 8.03. The van der Waals surface area contributed by atoms with Crippen LogP contribution in [0.5, 0.6) is 5.88 Å². The summed E-state index contributed by atoms with van der Waals surface area (Å²) in [5, 5.41) is 1.13. The van der Waals surface area contributed by atoms with Crippen molar-refractivity contribution >= 4 is 27.3 Å². The fourth-order valence-corrected chi connectivity index (χ4v) is 4.96. The molecule has 1 aliphatic rings. The highest BCUT2D eigenvalue weighted by molar-refractivity contribution is 7.20. The van der Waals surface area contributed by atoms with Crippen LogP contribution >= 0.6 is 11.3 Å². The summed E-state index contributed by atoms with van der Waals surface area (Å²) in [4.78, 5) is 21.3. The molecule has 3 aromatic rings. The van der Waals surface area contributed by atoms with Gasteiger partial charge in [0.2, 0.25) is 11.7 Å². The molecule has 6 nitrogen and oxygen atoms in total. The van der Waals surface area contributed by atoms with E-state index in [1.807, 2.05) is 6.07 Å². The molecule has 4 heterocycles. The van der Waals surface area contributed by atoms with Crippen molar-refractivity contribution in [1.29, 1.82) is 0 Å². The zero-order valence-electron chi connectivity index (χ0n) is 16.5. The minimum absolute atomic E-state index is 0.00281. The first kappa shape index (κ1) is 19.1. The third kappa shape index (κ3) is 3.70. The number of ketones is 1. The smallest absolute Gasteiger partial charge is 0.212 e. The van der Waals surface area contributed by atoms with E-state index < -0.39 is 0 Å². The summed E-state index contributed by atoms with van der Waals surface area (Å²) in [6.45, 7) is 6.13. The van der Waals surface area contributed by atoms with E-state index in [4.69, 9.17) is 9.47 Å². The Morgan fingerprint density at radius 2 is 2.14 bits per heavy atom. The maximum absolute atomic E-state index is 12.8. The number of pyridine rings is 1. The molecule has 1 aliphatic heterocycles. The molecule has 0 spiro atoms. The number of thiophene rings is 1. The Balaban J connectivity index is 1.52. The third-order valence-electron chi connectivity index (χ3n) is 5.41. The van der Waals surface area contributed by atoms with E-state index in [1.165, 1.54) is 5.69 Å². The number of methoxy groups -OCH3 is 2. The highest BCUT2D eigenvalue weighted by Gasteiger charge is 2.22. The minimum atomic E-state index is 0.00281. The Labute approximate surface area is 168 Å². The molecule has 0 bridgehead atoms. The molecule has 0 amide bonds. The molecule has 4 rings (SSSR count). The maximum atomic E-state index is 12.8. The van der Waals surface area contributed by atoms with Crippen molar-refractivity contribution < 1.29 is 14.3 Å². The van der Waals surface area contributed by atoms with Crippen molar-refractivity contribution in [3.8, 4) is 5.88 Å². The van der Waals surface area contributed by atoms with E-state index >= 15 is 0 Å². The van der Waals surface area contributed by atoms with Crippen LogP contribution in [0.3, 0.4) is 0 Å². The Hall–Kier alpha value is -2.22. The maximum Gasteiger partial charge on any atom is 0.212 e. The van der Waals surface area contributed by atoms with Crippen LogP contribution in [0.15, 0.2) is 30.5 Å². The lowest BCUT2D eigenvalue weighted by molar-refractivity contribution is 0.104. The molecule has 0 aliphatic carbocycles. The van der Waals surface area contributed by atoms with Crippen molar-refractivity contribution in [3.63, 3.8) is 0 Å². The number of nitrogens with zero attached hydrogens (tertiary/aromatic N) is 3. The van der Waals surface area contributed by atoms with Gasteiger partial charge < -0.3 is 14.0 Å². The van der Waals surface area contributed by atoms with E-state index in [1.54, 1.807) is 43.9 Å². The molecule has 1 unspecified atom stereocenters. The molecule has 7 heteroatoms. The summed E-state index contributed by atoms with van der Waals surface area (Å²) >= 11 is 1.56. The summed E-state index contributed by atoms with van der Waals surface area (Å²) in [6.07, 6.45) is 3.03. The number of ether oxygens (including phenoxy) is 2. The van der Waals surface area contributed by atoms with Gasteiger partial charge in [0.15, 0.2) is 0 Å². The first-order valence-corrected chi connectivity index (χ1v) is 10.3. The second-order valence-electron chi connectivity index (χ2n) is 7.17. The van der Waals surface area contributed by atoms with Crippen molar-refractivity contribution in [2.75, 3.05) is 33.9 Å². The summed E-state index contributed by atoms with van der Waals surface area (Å²) < 4.78 is 12.9. The van der Waals surface area contributed by atoms with Gasteiger partial charge >= 0.3 is 0 Å². The van der Waals surface area contributed by atoms with Gasteiger partial charge in [-0.25, -0.2) is 4.98 Å². The molecule has 1 atom stereocenters.